The predicted molar refractivity (Wildman–Crippen MR) is 10.8 cm³/mol. The van der Waals surface area contributed by atoms with Crippen molar-refractivity contribution in [1.82, 2.24) is 0 Å². The molecule has 3 nitrogen and oxygen atoms in total. The molecule has 0 rings (SSSR count). The zero-order chi connectivity index (χ0) is 0. The molecule has 4 heavy (non-hydrogen) atoms. The summed E-state index contributed by atoms with van der Waals surface area (Å²) in [6.45, 7) is 0. The van der Waals surface area contributed by atoms with Crippen LogP contribution in [0.3, 0.4) is 0 Å². The van der Waals surface area contributed by atoms with Gasteiger partial charge in [0, 0.05) is 29.2 Å². The van der Waals surface area contributed by atoms with Gasteiger partial charge in [0.1, 0.15) is 0 Å². The molecule has 0 aromatic carbocycles. The van der Waals surface area contributed by atoms with Crippen molar-refractivity contribution in [3.05, 3.63) is 0 Å². The topological polar surface area (TPSA) is 94.5 Å². The molecule has 6 N–H and O–H groups in total. The summed E-state index contributed by atoms with van der Waals surface area (Å²) in [6, 6.07) is 0. The van der Waals surface area contributed by atoms with E-state index in [4.69, 9.17) is 0 Å². The summed E-state index contributed by atoms with van der Waals surface area (Å²) in [5.41, 5.74) is 0. The maximum absolute atomic E-state index is 0. The molecule has 0 radical (unpaired) electrons. The molecule has 0 aromatic rings. The molecular formula is H6O3Pu. The molecule has 0 aliphatic heterocycles. The van der Waals surface area contributed by atoms with Crippen LogP contribution in [0.1, 0.15) is 0 Å². The van der Waals surface area contributed by atoms with Gasteiger partial charge in [0.2, 0.25) is 0 Å². The van der Waals surface area contributed by atoms with Gasteiger partial charge in [-0.05, 0) is 0 Å². The van der Waals surface area contributed by atoms with E-state index < -0.39 is 0 Å². The first kappa shape index (κ1) is 96.8. The minimum atomic E-state index is 0. The summed E-state index contributed by atoms with van der Waals surface area (Å²) < 4.78 is 0. The van der Waals surface area contributed by atoms with Crippen LogP contribution in [0.5, 0.6) is 0 Å². The molecular weight excluding hydrogens is 292 g/mol. The average molecular weight is 298 g/mol. The van der Waals surface area contributed by atoms with Gasteiger partial charge in [0.15, 0.2) is 0 Å². The third-order valence-corrected chi connectivity index (χ3v) is 0. The zero-order valence-corrected chi connectivity index (χ0v) is 5.31. The van der Waals surface area contributed by atoms with Gasteiger partial charge >= 0.3 is 0 Å². The van der Waals surface area contributed by atoms with Gasteiger partial charge in [-0.1, -0.05) is 0 Å². The van der Waals surface area contributed by atoms with Crippen molar-refractivity contribution in [3.63, 3.8) is 0 Å². The minimum absolute atomic E-state index is 0. The molecule has 0 spiro atoms. The van der Waals surface area contributed by atoms with Crippen molar-refractivity contribution in [2.24, 2.45) is 0 Å². The van der Waals surface area contributed by atoms with Gasteiger partial charge in [-0.3, -0.25) is 0 Å². The molecule has 0 aliphatic carbocycles. The van der Waals surface area contributed by atoms with Crippen LogP contribution >= 0.6 is 0 Å². The third kappa shape index (κ3) is 13.3. The Morgan fingerprint density at radius 1 is 0.500 bits per heavy atom. The first-order chi connectivity index (χ1) is 0. The van der Waals surface area contributed by atoms with E-state index >= 15 is 0 Å². The van der Waals surface area contributed by atoms with Crippen LogP contribution in [-0.2, 0) is 0 Å². The SMILES string of the molecule is O.O.O.[Pu]. The first-order valence-electron chi connectivity index (χ1n) is 0. The van der Waals surface area contributed by atoms with Gasteiger partial charge in [0.05, 0.1) is 0 Å². The molecule has 0 saturated carbocycles. The molecule has 0 unspecified atom stereocenters. The van der Waals surface area contributed by atoms with Crippen molar-refractivity contribution in [2.75, 3.05) is 0 Å². The van der Waals surface area contributed by atoms with E-state index in [0.29, 0.717) is 0 Å². The van der Waals surface area contributed by atoms with Gasteiger partial charge in [0.25, 0.3) is 0 Å². The molecule has 0 bridgehead atoms. The third-order valence-electron chi connectivity index (χ3n) is 0. The maximum atomic E-state index is 0. The molecule has 0 amide bonds. The van der Waals surface area contributed by atoms with E-state index in [2.05, 4.69) is 0 Å². The average Bonchev–Trinajstić information content (AvgIpc) is 0. The van der Waals surface area contributed by atoms with Crippen molar-refractivity contribution in [3.8, 4) is 0 Å². The second-order valence-electron chi connectivity index (χ2n) is 0. The van der Waals surface area contributed by atoms with E-state index in [9.17, 15) is 0 Å². The molecule has 30 valence electrons. The first-order valence-corrected chi connectivity index (χ1v) is 0. The zero-order valence-electron chi connectivity index (χ0n) is 1.91. The molecule has 0 aliphatic rings. The second-order valence-corrected chi connectivity index (χ2v) is 0. The Hall–Kier alpha value is 0.867. The van der Waals surface area contributed by atoms with Crippen molar-refractivity contribution >= 4 is 0 Å². The second kappa shape index (κ2) is 42.3. The van der Waals surface area contributed by atoms with Crippen molar-refractivity contribution < 1.29 is 45.6 Å². The largest absolute Gasteiger partial charge is 0.412 e. The Kier molecular flexibility index (Phi) is 1020. The summed E-state index contributed by atoms with van der Waals surface area (Å²) in [6.07, 6.45) is 0. The summed E-state index contributed by atoms with van der Waals surface area (Å²) in [7, 11) is 0. The molecule has 0 atom stereocenters. The normalized spacial score (nSPS) is 0. The Bertz CT molecular complexity index is 3.25. The summed E-state index contributed by atoms with van der Waals surface area (Å²) in [4.78, 5) is 0. The summed E-state index contributed by atoms with van der Waals surface area (Å²) in [5.74, 6) is 0. The molecule has 0 saturated heterocycles. The van der Waals surface area contributed by atoms with Crippen LogP contribution in [-0.4, -0.2) is 16.4 Å². The minimum Gasteiger partial charge on any atom is -0.412 e. The Morgan fingerprint density at radius 3 is 0.500 bits per heavy atom. The monoisotopic (exact) mass is 292 g/mol. The fourth-order valence-corrected chi connectivity index (χ4v) is 0. The van der Waals surface area contributed by atoms with E-state index in [1.807, 2.05) is 0 Å². The molecule has 4 heteroatoms. The molecule has 0 heterocycles. The van der Waals surface area contributed by atoms with Crippen LogP contribution in [0.4, 0.5) is 0 Å². The van der Waals surface area contributed by atoms with E-state index in [0.717, 1.165) is 0 Å². The number of rotatable bonds is 0. The van der Waals surface area contributed by atoms with Crippen LogP contribution in [0.15, 0.2) is 0 Å². The van der Waals surface area contributed by atoms with Crippen LogP contribution in [0, 0.1) is 29.2 Å². The van der Waals surface area contributed by atoms with E-state index in [-0.39, 0.29) is 45.6 Å². The van der Waals surface area contributed by atoms with Gasteiger partial charge in [-0.25, -0.2) is 0 Å². The van der Waals surface area contributed by atoms with Crippen LogP contribution in [0.2, 0.25) is 0 Å². The number of hydrogen-bond donors (Lipinski definition) is 0. The maximum Gasteiger partial charge on any atom is 0 e. The Balaban J connectivity index is 0. The fraction of sp³-hybridized carbons (Fsp3) is 0. The van der Waals surface area contributed by atoms with Gasteiger partial charge in [-0.15, -0.1) is 0 Å². The fourth-order valence-electron chi connectivity index (χ4n) is 0. The van der Waals surface area contributed by atoms with Crippen LogP contribution in [0.25, 0.3) is 0 Å². The van der Waals surface area contributed by atoms with E-state index in [1.165, 1.54) is 0 Å². The van der Waals surface area contributed by atoms with Gasteiger partial charge in [-0.2, -0.15) is 0 Å². The van der Waals surface area contributed by atoms with Gasteiger partial charge < -0.3 is 16.4 Å². The Labute approximate surface area is 45.9 Å². The summed E-state index contributed by atoms with van der Waals surface area (Å²) in [5, 5.41) is 0. The predicted octanol–water partition coefficient (Wildman–Crippen LogP) is -2.47. The van der Waals surface area contributed by atoms with Crippen molar-refractivity contribution in [2.45, 2.75) is 0 Å². The molecule has 0 fully saturated rings. The number of hydrogen-bond acceptors (Lipinski definition) is 0. The Morgan fingerprint density at radius 2 is 0.500 bits per heavy atom. The van der Waals surface area contributed by atoms with Crippen LogP contribution < -0.4 is 0 Å². The van der Waals surface area contributed by atoms with E-state index in [1.54, 1.807) is 0 Å². The van der Waals surface area contributed by atoms with Crippen molar-refractivity contribution in [1.29, 1.82) is 0 Å². The standard InChI is InChI=1S/3H2O.Pu/h3*1H2;. The summed E-state index contributed by atoms with van der Waals surface area (Å²) >= 11 is 0. The smallest absolute Gasteiger partial charge is 0 e. The quantitative estimate of drug-likeness (QED) is 0.474. The molecule has 0 aromatic heterocycles.